The second-order valence-electron chi connectivity index (χ2n) is 7.60. The summed E-state index contributed by atoms with van der Waals surface area (Å²) in [6, 6.07) is 7.74. The highest BCUT2D eigenvalue weighted by atomic mass is 16.5. The van der Waals surface area contributed by atoms with Crippen LogP contribution in [-0.4, -0.2) is 65.4 Å². The van der Waals surface area contributed by atoms with Crippen LogP contribution in [0.2, 0.25) is 0 Å². The first-order valence-corrected chi connectivity index (χ1v) is 10.2. The molecule has 0 aliphatic carbocycles. The van der Waals surface area contributed by atoms with E-state index < -0.39 is 5.91 Å². The first kappa shape index (κ1) is 23.0. The molecule has 3 N–H and O–H groups in total. The Labute approximate surface area is 185 Å². The van der Waals surface area contributed by atoms with Crippen LogP contribution in [0.1, 0.15) is 23.0 Å². The number of primary amides is 1. The van der Waals surface area contributed by atoms with Crippen molar-refractivity contribution in [3.63, 3.8) is 0 Å². The number of carbonyl (C=O) groups excluding carboxylic acids is 3. The number of nitrogens with two attached hydrogens (primary N) is 1. The summed E-state index contributed by atoms with van der Waals surface area (Å²) in [6.07, 6.45) is 1.53. The number of amides is 3. The lowest BCUT2D eigenvalue weighted by Crippen LogP contribution is -2.47. The summed E-state index contributed by atoms with van der Waals surface area (Å²) in [5.41, 5.74) is 6.51. The third kappa shape index (κ3) is 5.73. The summed E-state index contributed by atoms with van der Waals surface area (Å²) in [5.74, 6) is -0.650. The Morgan fingerprint density at radius 3 is 2.31 bits per heavy atom. The molecule has 2 aromatic rings. The molecule has 0 saturated carbocycles. The topological polar surface area (TPSA) is 127 Å². The highest BCUT2D eigenvalue weighted by molar-refractivity contribution is 5.94. The van der Waals surface area contributed by atoms with Crippen molar-refractivity contribution in [2.24, 2.45) is 5.73 Å². The van der Waals surface area contributed by atoms with Crippen LogP contribution < -0.4 is 21.2 Å². The van der Waals surface area contributed by atoms with Gasteiger partial charge in [-0.25, -0.2) is 0 Å². The molecule has 3 rings (SSSR count). The van der Waals surface area contributed by atoms with Crippen LogP contribution in [0, 0.1) is 0 Å². The average molecular weight is 441 g/mol. The molecule has 1 fully saturated rings. The molecule has 32 heavy (non-hydrogen) atoms. The lowest BCUT2D eigenvalue weighted by Gasteiger charge is -2.34. The predicted octanol–water partition coefficient (Wildman–Crippen LogP) is 0.259. The molecular weight excluding hydrogens is 414 g/mol. The van der Waals surface area contributed by atoms with Crippen molar-refractivity contribution in [1.29, 1.82) is 0 Å². The van der Waals surface area contributed by atoms with E-state index in [1.54, 1.807) is 28.5 Å². The van der Waals surface area contributed by atoms with Crippen molar-refractivity contribution in [3.05, 3.63) is 58.0 Å². The van der Waals surface area contributed by atoms with Crippen molar-refractivity contribution in [2.75, 3.05) is 38.6 Å². The molecule has 3 amide bonds. The van der Waals surface area contributed by atoms with Gasteiger partial charge in [-0.15, -0.1) is 0 Å². The molecule has 1 aliphatic heterocycles. The predicted molar refractivity (Wildman–Crippen MR) is 118 cm³/mol. The monoisotopic (exact) mass is 441 g/mol. The quantitative estimate of drug-likeness (QED) is 0.635. The zero-order valence-electron chi connectivity index (χ0n) is 18.2. The molecule has 0 spiro atoms. The Morgan fingerprint density at radius 2 is 1.75 bits per heavy atom. The molecule has 2 heterocycles. The molecule has 0 radical (unpaired) electrons. The summed E-state index contributed by atoms with van der Waals surface area (Å²) in [6.45, 7) is 4.59. The lowest BCUT2D eigenvalue weighted by atomic mass is 10.2. The standard InChI is InChI=1S/C22H27N5O5/c1-15(28)26-9-7-25(8-10-26)12-18-11-19(29)20(32-2)13-27(18)14-21(30)24-17-5-3-16(4-6-17)22(23)31/h3-6,11,13H,7-10,12,14H2,1-2H3,(H2,23,31)(H,24,30). The van der Waals surface area contributed by atoms with Gasteiger partial charge in [-0.05, 0) is 24.3 Å². The third-order valence-electron chi connectivity index (χ3n) is 5.37. The van der Waals surface area contributed by atoms with Crippen molar-refractivity contribution in [1.82, 2.24) is 14.4 Å². The molecule has 1 aromatic heterocycles. The van der Waals surface area contributed by atoms with E-state index in [1.807, 2.05) is 0 Å². The van der Waals surface area contributed by atoms with Crippen molar-refractivity contribution >= 4 is 23.4 Å². The smallest absolute Gasteiger partial charge is 0.248 e. The minimum Gasteiger partial charge on any atom is -0.491 e. The van der Waals surface area contributed by atoms with E-state index >= 15 is 0 Å². The number of carbonyl (C=O) groups is 3. The number of anilines is 1. The van der Waals surface area contributed by atoms with Gasteiger partial charge in [0.2, 0.25) is 23.2 Å². The maximum Gasteiger partial charge on any atom is 0.248 e. The summed E-state index contributed by atoms with van der Waals surface area (Å²) in [7, 11) is 1.40. The number of methoxy groups -OCH3 is 1. The molecule has 1 saturated heterocycles. The largest absolute Gasteiger partial charge is 0.491 e. The van der Waals surface area contributed by atoms with Crippen LogP contribution in [0.4, 0.5) is 5.69 Å². The number of nitrogens with zero attached hydrogens (tertiary/aromatic N) is 3. The molecular formula is C22H27N5O5. The summed E-state index contributed by atoms with van der Waals surface area (Å²) < 4.78 is 6.83. The normalized spacial score (nSPS) is 14.1. The number of hydrogen-bond donors (Lipinski definition) is 2. The number of aromatic nitrogens is 1. The molecule has 0 unspecified atom stereocenters. The van der Waals surface area contributed by atoms with Gasteiger partial charge in [0.05, 0.1) is 13.3 Å². The van der Waals surface area contributed by atoms with E-state index in [0.29, 0.717) is 49.7 Å². The second-order valence-corrected chi connectivity index (χ2v) is 7.60. The number of ether oxygens (including phenoxy) is 1. The van der Waals surface area contributed by atoms with E-state index in [-0.39, 0.29) is 29.5 Å². The fourth-order valence-corrected chi connectivity index (χ4v) is 3.55. The molecule has 10 nitrogen and oxygen atoms in total. The van der Waals surface area contributed by atoms with Gasteiger partial charge < -0.3 is 25.3 Å². The highest BCUT2D eigenvalue weighted by Crippen LogP contribution is 2.13. The maximum atomic E-state index is 12.6. The van der Waals surface area contributed by atoms with Crippen LogP contribution >= 0.6 is 0 Å². The van der Waals surface area contributed by atoms with Crippen LogP contribution in [0.15, 0.2) is 41.3 Å². The molecule has 0 atom stereocenters. The summed E-state index contributed by atoms with van der Waals surface area (Å²) >= 11 is 0. The van der Waals surface area contributed by atoms with E-state index in [4.69, 9.17) is 10.5 Å². The van der Waals surface area contributed by atoms with Crippen LogP contribution in [-0.2, 0) is 22.7 Å². The third-order valence-corrected chi connectivity index (χ3v) is 5.37. The SMILES string of the molecule is COc1cn(CC(=O)Nc2ccc(C(N)=O)cc2)c(CN2CCN(C(C)=O)CC2)cc1=O. The Hall–Kier alpha value is -3.66. The van der Waals surface area contributed by atoms with Gasteiger partial charge >= 0.3 is 0 Å². The van der Waals surface area contributed by atoms with Crippen LogP contribution in [0.3, 0.4) is 0 Å². The van der Waals surface area contributed by atoms with Gasteiger partial charge in [-0.3, -0.25) is 24.1 Å². The van der Waals surface area contributed by atoms with Gasteiger partial charge in [0.1, 0.15) is 6.54 Å². The first-order chi connectivity index (χ1) is 15.3. The molecule has 0 bridgehead atoms. The van der Waals surface area contributed by atoms with E-state index in [9.17, 15) is 19.2 Å². The van der Waals surface area contributed by atoms with Gasteiger partial charge in [0.15, 0.2) is 5.75 Å². The second kappa shape index (κ2) is 10.1. The van der Waals surface area contributed by atoms with Crippen molar-refractivity contribution in [2.45, 2.75) is 20.0 Å². The van der Waals surface area contributed by atoms with Crippen molar-refractivity contribution in [3.8, 4) is 5.75 Å². The molecule has 170 valence electrons. The van der Waals surface area contributed by atoms with Gasteiger partial charge in [0.25, 0.3) is 0 Å². The van der Waals surface area contributed by atoms with Crippen LogP contribution in [0.25, 0.3) is 0 Å². The van der Waals surface area contributed by atoms with Crippen LogP contribution in [0.5, 0.6) is 5.75 Å². The zero-order chi connectivity index (χ0) is 23.3. The lowest BCUT2D eigenvalue weighted by molar-refractivity contribution is -0.130. The Balaban J connectivity index is 1.73. The average Bonchev–Trinajstić information content (AvgIpc) is 2.76. The Morgan fingerprint density at radius 1 is 1.09 bits per heavy atom. The van der Waals surface area contributed by atoms with Gasteiger partial charge in [0, 0.05) is 62.7 Å². The van der Waals surface area contributed by atoms with E-state index in [1.165, 1.54) is 31.5 Å². The number of piperazine rings is 1. The fraction of sp³-hybridized carbons (Fsp3) is 0.364. The summed E-state index contributed by atoms with van der Waals surface area (Å²) in [4.78, 5) is 51.6. The number of benzene rings is 1. The van der Waals surface area contributed by atoms with E-state index in [0.717, 1.165) is 0 Å². The number of nitrogens with one attached hydrogen (secondary N) is 1. The minimum atomic E-state index is -0.544. The summed E-state index contributed by atoms with van der Waals surface area (Å²) in [5, 5.41) is 2.77. The first-order valence-electron chi connectivity index (χ1n) is 10.2. The number of hydrogen-bond acceptors (Lipinski definition) is 6. The van der Waals surface area contributed by atoms with Crippen molar-refractivity contribution < 1.29 is 19.1 Å². The fourth-order valence-electron chi connectivity index (χ4n) is 3.55. The molecule has 1 aliphatic rings. The Bertz CT molecular complexity index is 1060. The number of pyridine rings is 1. The van der Waals surface area contributed by atoms with Gasteiger partial charge in [-0.2, -0.15) is 0 Å². The molecule has 10 heteroatoms. The number of rotatable bonds is 7. The Kier molecular flexibility index (Phi) is 7.26. The van der Waals surface area contributed by atoms with Gasteiger partial charge in [-0.1, -0.05) is 0 Å². The minimum absolute atomic E-state index is 0.0308. The molecule has 1 aromatic carbocycles. The zero-order valence-corrected chi connectivity index (χ0v) is 18.2. The van der Waals surface area contributed by atoms with E-state index in [2.05, 4.69) is 10.2 Å². The highest BCUT2D eigenvalue weighted by Gasteiger charge is 2.20. The maximum absolute atomic E-state index is 12.6.